The molecule has 0 aliphatic heterocycles. The Morgan fingerprint density at radius 3 is 2.29 bits per heavy atom. The van der Waals surface area contributed by atoms with Crippen molar-refractivity contribution < 1.29 is 9.53 Å². The van der Waals surface area contributed by atoms with Crippen LogP contribution in [0, 0.1) is 5.92 Å². The molecule has 0 saturated heterocycles. The van der Waals surface area contributed by atoms with Gasteiger partial charge in [0.2, 0.25) is 0 Å². The number of esters is 1. The van der Waals surface area contributed by atoms with Crippen molar-refractivity contribution in [1.82, 2.24) is 0 Å². The van der Waals surface area contributed by atoms with Gasteiger partial charge in [0.05, 0.1) is 13.0 Å². The minimum atomic E-state index is -0.184. The fourth-order valence-corrected chi connectivity index (χ4v) is 1.54. The Kier molecular flexibility index (Phi) is 5.01. The van der Waals surface area contributed by atoms with Crippen LogP contribution in [0.5, 0.6) is 0 Å². The van der Waals surface area contributed by atoms with Crippen LogP contribution in [0.2, 0.25) is 0 Å². The summed E-state index contributed by atoms with van der Waals surface area (Å²) in [5.41, 5.74) is 2.35. The van der Waals surface area contributed by atoms with E-state index in [1.807, 2.05) is 19.1 Å². The highest BCUT2D eigenvalue weighted by atomic mass is 16.5. The van der Waals surface area contributed by atoms with Crippen molar-refractivity contribution in [3.05, 3.63) is 29.8 Å². The van der Waals surface area contributed by atoms with E-state index in [1.54, 1.807) is 0 Å². The lowest BCUT2D eigenvalue weighted by Gasteiger charge is -2.12. The first kappa shape index (κ1) is 13.6. The summed E-state index contributed by atoms with van der Waals surface area (Å²) >= 11 is 0. The molecule has 17 heavy (non-hydrogen) atoms. The van der Waals surface area contributed by atoms with Crippen molar-refractivity contribution in [3.63, 3.8) is 0 Å². The highest BCUT2D eigenvalue weighted by Gasteiger charge is 2.12. The molecule has 1 rings (SSSR count). The number of benzene rings is 1. The molecule has 3 nitrogen and oxygen atoms in total. The molecule has 0 bridgehead atoms. The summed E-state index contributed by atoms with van der Waals surface area (Å²) in [6.45, 7) is 6.78. The summed E-state index contributed by atoms with van der Waals surface area (Å²) in [7, 11) is 1.41. The second-order valence-electron chi connectivity index (χ2n) is 4.58. The minimum absolute atomic E-state index is 0.134. The smallest absolute Gasteiger partial charge is 0.310 e. The van der Waals surface area contributed by atoms with Gasteiger partial charge in [0.1, 0.15) is 0 Å². The number of carbonyl (C=O) groups is 1. The van der Waals surface area contributed by atoms with Crippen molar-refractivity contribution in [1.29, 1.82) is 0 Å². The molecule has 1 aromatic rings. The van der Waals surface area contributed by atoms with Gasteiger partial charge in [-0.2, -0.15) is 0 Å². The third-order valence-electron chi connectivity index (χ3n) is 2.79. The van der Waals surface area contributed by atoms with Gasteiger partial charge in [-0.3, -0.25) is 4.79 Å². The molecule has 94 valence electrons. The van der Waals surface area contributed by atoms with Crippen LogP contribution in [-0.2, 0) is 9.53 Å². The number of rotatable bonds is 5. The lowest BCUT2D eigenvalue weighted by molar-refractivity contribution is -0.144. The Labute approximate surface area is 103 Å². The molecule has 3 heteroatoms. The van der Waals surface area contributed by atoms with E-state index in [1.165, 1.54) is 12.7 Å². The molecule has 1 N–H and O–H groups in total. The summed E-state index contributed by atoms with van der Waals surface area (Å²) in [6.07, 6.45) is 0. The Morgan fingerprint density at radius 1 is 1.24 bits per heavy atom. The SMILES string of the molecule is COC(=O)C(C)CNc1ccc(C(C)C)cc1. The number of anilines is 1. The van der Waals surface area contributed by atoms with E-state index < -0.39 is 0 Å². The van der Waals surface area contributed by atoms with E-state index >= 15 is 0 Å². The molecular weight excluding hydrogens is 214 g/mol. The van der Waals surface area contributed by atoms with Gasteiger partial charge in [0, 0.05) is 12.2 Å². The fourth-order valence-electron chi connectivity index (χ4n) is 1.54. The van der Waals surface area contributed by atoms with E-state index in [9.17, 15) is 4.79 Å². The number of hydrogen-bond acceptors (Lipinski definition) is 3. The number of carbonyl (C=O) groups excluding carboxylic acids is 1. The Balaban J connectivity index is 2.50. The summed E-state index contributed by atoms with van der Waals surface area (Å²) in [6, 6.07) is 8.30. The molecule has 0 amide bonds. The summed E-state index contributed by atoms with van der Waals surface area (Å²) in [5, 5.41) is 3.22. The Hall–Kier alpha value is -1.51. The lowest BCUT2D eigenvalue weighted by Crippen LogP contribution is -2.21. The van der Waals surface area contributed by atoms with Gasteiger partial charge in [-0.25, -0.2) is 0 Å². The Morgan fingerprint density at radius 2 is 1.82 bits per heavy atom. The van der Waals surface area contributed by atoms with E-state index in [2.05, 4.69) is 36.0 Å². The molecule has 1 unspecified atom stereocenters. The van der Waals surface area contributed by atoms with Gasteiger partial charge < -0.3 is 10.1 Å². The molecule has 0 aromatic heterocycles. The second kappa shape index (κ2) is 6.28. The quantitative estimate of drug-likeness (QED) is 0.797. The van der Waals surface area contributed by atoms with Gasteiger partial charge in [-0.15, -0.1) is 0 Å². The van der Waals surface area contributed by atoms with E-state index in [0.717, 1.165) is 5.69 Å². The predicted octanol–water partition coefficient (Wildman–Crippen LogP) is 3.03. The highest BCUT2D eigenvalue weighted by Crippen LogP contribution is 2.17. The fraction of sp³-hybridized carbons (Fsp3) is 0.500. The molecular formula is C14H21NO2. The maximum Gasteiger partial charge on any atom is 0.310 e. The monoisotopic (exact) mass is 235 g/mol. The molecule has 0 heterocycles. The van der Waals surface area contributed by atoms with Crippen LogP contribution in [0.25, 0.3) is 0 Å². The zero-order valence-electron chi connectivity index (χ0n) is 11.0. The van der Waals surface area contributed by atoms with E-state index in [4.69, 9.17) is 0 Å². The largest absolute Gasteiger partial charge is 0.469 e. The van der Waals surface area contributed by atoms with Crippen LogP contribution < -0.4 is 5.32 Å². The zero-order chi connectivity index (χ0) is 12.8. The first-order valence-corrected chi connectivity index (χ1v) is 5.96. The van der Waals surface area contributed by atoms with Gasteiger partial charge in [0.25, 0.3) is 0 Å². The summed E-state index contributed by atoms with van der Waals surface area (Å²) in [4.78, 5) is 11.2. The molecule has 0 spiro atoms. The third kappa shape index (κ3) is 4.10. The molecule has 0 saturated carbocycles. The number of ether oxygens (including phenoxy) is 1. The standard InChI is InChI=1S/C14H21NO2/c1-10(2)12-5-7-13(8-6-12)15-9-11(3)14(16)17-4/h5-8,10-11,15H,9H2,1-4H3. The average Bonchev–Trinajstić information content (AvgIpc) is 2.35. The third-order valence-corrected chi connectivity index (χ3v) is 2.79. The van der Waals surface area contributed by atoms with Crippen LogP contribution in [0.4, 0.5) is 5.69 Å². The van der Waals surface area contributed by atoms with Crippen LogP contribution in [0.3, 0.4) is 0 Å². The van der Waals surface area contributed by atoms with Crippen molar-refractivity contribution in [2.24, 2.45) is 5.92 Å². The topological polar surface area (TPSA) is 38.3 Å². The molecule has 0 radical (unpaired) electrons. The molecule has 0 fully saturated rings. The van der Waals surface area contributed by atoms with Crippen LogP contribution in [0.1, 0.15) is 32.3 Å². The molecule has 1 aromatic carbocycles. The lowest BCUT2D eigenvalue weighted by atomic mass is 10.0. The van der Waals surface area contributed by atoms with Gasteiger partial charge in [-0.1, -0.05) is 32.9 Å². The van der Waals surface area contributed by atoms with E-state index in [0.29, 0.717) is 12.5 Å². The Bertz CT molecular complexity index is 357. The summed E-state index contributed by atoms with van der Waals surface area (Å²) < 4.78 is 4.67. The van der Waals surface area contributed by atoms with Crippen molar-refractivity contribution >= 4 is 11.7 Å². The van der Waals surface area contributed by atoms with Crippen molar-refractivity contribution in [3.8, 4) is 0 Å². The molecule has 1 atom stereocenters. The first-order chi connectivity index (χ1) is 8.04. The number of nitrogens with one attached hydrogen (secondary N) is 1. The average molecular weight is 235 g/mol. The normalized spacial score (nSPS) is 12.3. The number of methoxy groups -OCH3 is 1. The maximum absolute atomic E-state index is 11.2. The highest BCUT2D eigenvalue weighted by molar-refractivity contribution is 5.72. The number of hydrogen-bond donors (Lipinski definition) is 1. The zero-order valence-corrected chi connectivity index (χ0v) is 11.0. The van der Waals surface area contributed by atoms with Gasteiger partial charge in [-0.05, 0) is 23.6 Å². The predicted molar refractivity (Wildman–Crippen MR) is 70.2 cm³/mol. The van der Waals surface area contributed by atoms with E-state index in [-0.39, 0.29) is 11.9 Å². The minimum Gasteiger partial charge on any atom is -0.469 e. The molecule has 0 aliphatic carbocycles. The van der Waals surface area contributed by atoms with Crippen molar-refractivity contribution in [2.75, 3.05) is 19.0 Å². The van der Waals surface area contributed by atoms with Gasteiger partial charge >= 0.3 is 5.97 Å². The molecule has 0 aliphatic rings. The van der Waals surface area contributed by atoms with Crippen LogP contribution >= 0.6 is 0 Å². The van der Waals surface area contributed by atoms with Gasteiger partial charge in [0.15, 0.2) is 0 Å². The summed E-state index contributed by atoms with van der Waals surface area (Å²) in [5.74, 6) is 0.221. The van der Waals surface area contributed by atoms with Crippen LogP contribution in [-0.4, -0.2) is 19.6 Å². The maximum atomic E-state index is 11.2. The second-order valence-corrected chi connectivity index (χ2v) is 4.58. The van der Waals surface area contributed by atoms with Crippen molar-refractivity contribution in [2.45, 2.75) is 26.7 Å². The van der Waals surface area contributed by atoms with Crippen LogP contribution in [0.15, 0.2) is 24.3 Å². The first-order valence-electron chi connectivity index (χ1n) is 5.96.